The smallest absolute Gasteiger partial charge is 0.333 e. The first-order valence-corrected chi connectivity index (χ1v) is 17.1. The normalized spacial score (nSPS) is 9.86. The highest BCUT2D eigenvalue weighted by atomic mass is 32.2. The van der Waals surface area contributed by atoms with Gasteiger partial charge in [0.15, 0.2) is 0 Å². The quantitative estimate of drug-likeness (QED) is 0.0457. The van der Waals surface area contributed by atoms with E-state index in [0.717, 1.165) is 7.11 Å². The average Bonchev–Trinajstić information content (AvgIpc) is 3.05. The molecule has 0 aromatic rings. The molecule has 0 bridgehead atoms. The molecule has 0 radical (unpaired) electrons. The molecule has 0 heterocycles. The maximum Gasteiger partial charge on any atom is 0.333 e. The molecule has 49 heavy (non-hydrogen) atoms. The average molecular weight is 742 g/mol. The highest BCUT2D eigenvalue weighted by Gasteiger charge is 2.15. The van der Waals surface area contributed by atoms with Crippen LogP contribution in [0.15, 0.2) is 36.5 Å². The van der Waals surface area contributed by atoms with Crippen molar-refractivity contribution in [3.05, 3.63) is 36.5 Å². The summed E-state index contributed by atoms with van der Waals surface area (Å²) in [5, 5.41) is 23.3. The largest absolute Gasteiger partial charge is 0.481 e. The minimum absolute atomic E-state index is 0.00197. The van der Waals surface area contributed by atoms with Gasteiger partial charge in [0.2, 0.25) is 0 Å². The number of nitrogens with zero attached hydrogens (tertiary/aromatic N) is 1. The van der Waals surface area contributed by atoms with Gasteiger partial charge in [-0.2, -0.15) is 24.4 Å². The van der Waals surface area contributed by atoms with Gasteiger partial charge in [-0.15, -0.1) is 0 Å². The van der Waals surface area contributed by atoms with Crippen molar-refractivity contribution in [3.8, 4) is 0 Å². The van der Waals surface area contributed by atoms with E-state index in [1.54, 1.807) is 20.8 Å². The van der Waals surface area contributed by atoms with E-state index in [1.807, 2.05) is 0 Å². The summed E-state index contributed by atoms with van der Waals surface area (Å²) in [7, 11) is 1.00. The van der Waals surface area contributed by atoms with Crippen LogP contribution in [0.4, 0.5) is 0 Å². The fraction of sp³-hybridized carbons (Fsp3) is 0.636. The Morgan fingerprint density at radius 1 is 0.673 bits per heavy atom. The summed E-state index contributed by atoms with van der Waals surface area (Å²) >= 11 is 5.07. The summed E-state index contributed by atoms with van der Waals surface area (Å²) in [5.74, 6) is -2.47. The number of carbonyl (C=O) groups excluding carboxylic acids is 4. The Balaban J connectivity index is -0.000000192. The number of hydrogen-bond acceptors (Lipinski definition) is 14. The number of carboxylic acid groups (broad SMARTS) is 2. The van der Waals surface area contributed by atoms with Crippen molar-refractivity contribution in [1.29, 1.82) is 0 Å². The zero-order valence-corrected chi connectivity index (χ0v) is 32.1. The Kier molecular flexibility index (Phi) is 44.0. The summed E-state index contributed by atoms with van der Waals surface area (Å²) < 4.78 is 19.1. The highest BCUT2D eigenvalue weighted by molar-refractivity contribution is 7.99. The zero-order valence-electron chi connectivity index (χ0n) is 30.4. The first-order valence-electron chi connectivity index (χ1n) is 15.3. The van der Waals surface area contributed by atoms with Gasteiger partial charge in [-0.25, -0.2) is 14.4 Å². The van der Waals surface area contributed by atoms with Gasteiger partial charge in [0.05, 0.1) is 18.8 Å². The number of rotatable bonds is 20. The van der Waals surface area contributed by atoms with Gasteiger partial charge in [0, 0.05) is 41.1 Å². The van der Waals surface area contributed by atoms with Crippen LogP contribution in [-0.4, -0.2) is 126 Å². The molecule has 0 aliphatic rings. The predicted molar refractivity (Wildman–Crippen MR) is 195 cm³/mol. The molecule has 1 atom stereocenters. The lowest BCUT2D eigenvalue weighted by Crippen LogP contribution is -2.21. The van der Waals surface area contributed by atoms with E-state index >= 15 is 0 Å². The maximum absolute atomic E-state index is 11.5. The molecule has 0 aliphatic carbocycles. The minimum Gasteiger partial charge on any atom is -0.481 e. The van der Waals surface area contributed by atoms with E-state index in [2.05, 4.69) is 67.5 Å². The summed E-state index contributed by atoms with van der Waals surface area (Å²) in [6, 6.07) is 0. The zero-order chi connectivity index (χ0) is 39.4. The number of carboxylic acids is 2. The van der Waals surface area contributed by atoms with Crippen LogP contribution < -0.4 is 0 Å². The Labute approximate surface area is 301 Å². The molecule has 0 saturated heterocycles. The van der Waals surface area contributed by atoms with Crippen LogP contribution in [-0.2, 0) is 47.7 Å². The lowest BCUT2D eigenvalue weighted by Gasteiger charge is -2.13. The number of carbonyl (C=O) groups is 6. The van der Waals surface area contributed by atoms with Gasteiger partial charge in [-0.05, 0) is 40.4 Å². The molecule has 0 aliphatic heterocycles. The lowest BCUT2D eigenvalue weighted by molar-refractivity contribution is -0.152. The van der Waals surface area contributed by atoms with Crippen molar-refractivity contribution < 1.29 is 63.0 Å². The van der Waals surface area contributed by atoms with Crippen LogP contribution in [0.1, 0.15) is 61.3 Å². The van der Waals surface area contributed by atoms with Crippen molar-refractivity contribution in [2.24, 2.45) is 5.92 Å². The lowest BCUT2D eigenvalue weighted by atomic mass is 10.2. The molecular weight excluding hydrogens is 682 g/mol. The number of hydrogen-bond donors (Lipinski definition) is 4. The number of aliphatic hydroxyl groups excluding tert-OH is 1. The summed E-state index contributed by atoms with van der Waals surface area (Å²) in [5.41, 5.74) is 0.923. The molecule has 0 saturated carbocycles. The number of aliphatic hydroxyl groups is 1. The fourth-order valence-corrected chi connectivity index (χ4v) is 3.48. The van der Waals surface area contributed by atoms with Crippen molar-refractivity contribution >= 4 is 60.2 Å². The number of ether oxygens (including phenoxy) is 4. The third-order valence-corrected chi connectivity index (χ3v) is 6.51. The van der Waals surface area contributed by atoms with Gasteiger partial charge < -0.3 is 39.2 Å². The van der Waals surface area contributed by atoms with E-state index in [0.29, 0.717) is 34.0 Å². The van der Waals surface area contributed by atoms with Gasteiger partial charge in [0.25, 0.3) is 0 Å². The van der Waals surface area contributed by atoms with Gasteiger partial charge in [0.1, 0.15) is 26.4 Å². The number of aliphatic carboxylic acids is 2. The molecule has 3 N–H and O–H groups in total. The number of thiol groups is 1. The van der Waals surface area contributed by atoms with Crippen molar-refractivity contribution in [2.75, 3.05) is 70.4 Å². The van der Waals surface area contributed by atoms with Crippen molar-refractivity contribution in [2.45, 2.75) is 61.3 Å². The molecule has 0 rings (SSSR count). The van der Waals surface area contributed by atoms with Gasteiger partial charge >= 0.3 is 35.8 Å². The maximum atomic E-state index is 11.5. The van der Waals surface area contributed by atoms with Crippen LogP contribution >= 0.6 is 24.4 Å². The van der Waals surface area contributed by atoms with Crippen LogP contribution in [0.2, 0.25) is 0 Å². The van der Waals surface area contributed by atoms with Crippen LogP contribution in [0.25, 0.3) is 0 Å². The van der Waals surface area contributed by atoms with Gasteiger partial charge in [-0.1, -0.05) is 47.4 Å². The molecule has 286 valence electrons. The monoisotopic (exact) mass is 741 g/mol. The molecule has 14 nitrogen and oxygen atoms in total. The van der Waals surface area contributed by atoms with E-state index in [4.69, 9.17) is 24.8 Å². The second-order valence-electron chi connectivity index (χ2n) is 9.52. The van der Waals surface area contributed by atoms with E-state index in [1.165, 1.54) is 38.3 Å². The van der Waals surface area contributed by atoms with E-state index in [9.17, 15) is 28.8 Å². The molecule has 0 aromatic heterocycles. The third kappa shape index (κ3) is 44.7. The number of esters is 4. The van der Waals surface area contributed by atoms with Crippen LogP contribution in [0.3, 0.4) is 0 Å². The SMILES string of the molecule is C=C(C)C(=O)OCCOC(=O)C(=C)C.C=C(C)C(=O)OCCOC(=O)C(C)CSCCC(=O)O.CCN(CC)CC.CO.O=C(O)CCS. The Morgan fingerprint density at radius 3 is 1.22 bits per heavy atom. The third-order valence-electron chi connectivity index (χ3n) is 5.05. The Morgan fingerprint density at radius 2 is 1.00 bits per heavy atom. The van der Waals surface area contributed by atoms with Crippen molar-refractivity contribution in [1.82, 2.24) is 4.90 Å². The molecule has 0 fully saturated rings. The topological polar surface area (TPSA) is 203 Å². The van der Waals surface area contributed by atoms with Crippen molar-refractivity contribution in [3.63, 3.8) is 0 Å². The van der Waals surface area contributed by atoms with Gasteiger partial charge in [-0.3, -0.25) is 14.4 Å². The Hall–Kier alpha value is -3.34. The fourth-order valence-electron chi connectivity index (χ4n) is 2.31. The summed E-state index contributed by atoms with van der Waals surface area (Å²) in [6.07, 6.45) is 0.229. The summed E-state index contributed by atoms with van der Waals surface area (Å²) in [6.45, 7) is 26.7. The first kappa shape index (κ1) is 55.1. The molecular formula is C33H59NO13S2. The predicted octanol–water partition coefficient (Wildman–Crippen LogP) is 4.07. The van der Waals surface area contributed by atoms with E-state index < -0.39 is 29.8 Å². The second kappa shape index (κ2) is 39.1. The molecule has 1 unspecified atom stereocenters. The first-order chi connectivity index (χ1) is 22.9. The highest BCUT2D eigenvalue weighted by Crippen LogP contribution is 2.11. The van der Waals surface area contributed by atoms with Crippen LogP contribution in [0.5, 0.6) is 0 Å². The molecule has 0 aromatic carbocycles. The molecule has 16 heteroatoms. The Bertz CT molecular complexity index is 950. The summed E-state index contributed by atoms with van der Waals surface area (Å²) in [4.78, 5) is 66.5. The second-order valence-corrected chi connectivity index (χ2v) is 11.1. The van der Waals surface area contributed by atoms with E-state index in [-0.39, 0.29) is 51.2 Å². The minimum atomic E-state index is -0.855. The standard InChI is InChI=1S/C13H20O6S.C10H14O4.C6H15N.C3H6O2S.CH4O/c1-9(2)12(16)18-5-6-19-13(17)10(3)8-20-7-4-11(14)15;1-7(2)9(11)13-5-6-14-10(12)8(3)4;1-4-7(5-2)6-3;4-3(5)1-2-6;1-2/h10H,1,4-8H2,2-3H3,(H,14,15);1,3,5-6H2,2,4H3;4-6H2,1-3H3;6H,1-2H2,(H,4,5);2H,1H3. The van der Waals surface area contributed by atoms with Crippen LogP contribution in [0, 0.1) is 5.92 Å². The number of thioether (sulfide) groups is 1. The molecule has 0 amide bonds. The molecule has 0 spiro atoms.